The highest BCUT2D eigenvalue weighted by Crippen LogP contribution is 2.19. The van der Waals surface area contributed by atoms with Crippen LogP contribution in [-0.4, -0.2) is 29.7 Å². The van der Waals surface area contributed by atoms with Crippen LogP contribution in [0.3, 0.4) is 0 Å². The van der Waals surface area contributed by atoms with Crippen LogP contribution in [0.25, 0.3) is 0 Å². The molecule has 0 saturated carbocycles. The largest absolute Gasteiger partial charge is 0.444 e. The van der Waals surface area contributed by atoms with Gasteiger partial charge >= 0.3 is 6.09 Å². The monoisotopic (exact) mass is 351 g/mol. The molecule has 0 atom stereocenters. The Balaban J connectivity index is 1.90. The van der Waals surface area contributed by atoms with E-state index in [1.54, 1.807) is 4.90 Å². The second-order valence-electron chi connectivity index (χ2n) is 6.34. The summed E-state index contributed by atoms with van der Waals surface area (Å²) in [4.78, 5) is 13.7. The van der Waals surface area contributed by atoms with Crippen LogP contribution in [0.2, 0.25) is 0 Å². The molecule has 1 aromatic rings. The Morgan fingerprint density at radius 1 is 1.29 bits per heavy atom. The van der Waals surface area contributed by atoms with Gasteiger partial charge < -0.3 is 9.64 Å². The van der Waals surface area contributed by atoms with Crippen LogP contribution in [-0.2, 0) is 11.2 Å². The molecule has 2 rings (SSSR count). The van der Waals surface area contributed by atoms with E-state index in [1.165, 1.54) is 11.1 Å². The van der Waals surface area contributed by atoms with Crippen molar-refractivity contribution in [1.29, 1.82) is 0 Å². The molecular weight excluding hydrogens is 330 g/mol. The lowest BCUT2D eigenvalue weighted by molar-refractivity contribution is 0.0265. The standard InChI is InChI=1S/C17H22BrNO2/c1-17(2,3)21-16(20)19-10-8-14(9-11-19)12-13-4-6-15(18)7-5-13/h4-8H,9-12H2,1-3H3. The third-order valence-corrected chi connectivity index (χ3v) is 3.83. The number of carbonyl (C=O) groups is 1. The fourth-order valence-electron chi connectivity index (χ4n) is 2.23. The highest BCUT2D eigenvalue weighted by Gasteiger charge is 2.23. The number of hydrogen-bond acceptors (Lipinski definition) is 2. The summed E-state index contributed by atoms with van der Waals surface area (Å²) in [6.07, 6.45) is 3.79. The topological polar surface area (TPSA) is 29.5 Å². The Hall–Kier alpha value is -1.29. The molecule has 114 valence electrons. The van der Waals surface area contributed by atoms with Gasteiger partial charge in [-0.2, -0.15) is 0 Å². The lowest BCUT2D eigenvalue weighted by Gasteiger charge is -2.29. The summed E-state index contributed by atoms with van der Waals surface area (Å²) < 4.78 is 6.49. The van der Waals surface area contributed by atoms with E-state index in [0.717, 1.165) is 23.9 Å². The summed E-state index contributed by atoms with van der Waals surface area (Å²) in [5.74, 6) is 0. The van der Waals surface area contributed by atoms with E-state index in [9.17, 15) is 4.79 Å². The molecule has 0 unspecified atom stereocenters. The Bertz CT molecular complexity index is 529. The number of ether oxygens (including phenoxy) is 1. The maximum absolute atomic E-state index is 12.0. The number of benzene rings is 1. The SMILES string of the molecule is CC(C)(C)OC(=O)N1CC=C(Cc2ccc(Br)cc2)CC1. The van der Waals surface area contributed by atoms with E-state index in [0.29, 0.717) is 6.54 Å². The van der Waals surface area contributed by atoms with Crippen molar-refractivity contribution in [3.8, 4) is 0 Å². The number of halogens is 1. The third-order valence-electron chi connectivity index (χ3n) is 3.30. The van der Waals surface area contributed by atoms with Crippen molar-refractivity contribution < 1.29 is 9.53 Å². The summed E-state index contributed by atoms with van der Waals surface area (Å²) in [5.41, 5.74) is 2.26. The second kappa shape index (κ2) is 6.65. The van der Waals surface area contributed by atoms with Crippen LogP contribution in [0.1, 0.15) is 32.8 Å². The Morgan fingerprint density at radius 3 is 2.48 bits per heavy atom. The first-order valence-electron chi connectivity index (χ1n) is 7.24. The number of hydrogen-bond donors (Lipinski definition) is 0. The lowest BCUT2D eigenvalue weighted by atomic mass is 10.00. The molecule has 4 heteroatoms. The van der Waals surface area contributed by atoms with Crippen LogP contribution >= 0.6 is 15.9 Å². The first-order valence-corrected chi connectivity index (χ1v) is 8.03. The summed E-state index contributed by atoms with van der Waals surface area (Å²) in [5, 5.41) is 0. The molecule has 1 aromatic carbocycles. The average Bonchev–Trinajstić information content (AvgIpc) is 2.40. The molecular formula is C17H22BrNO2. The van der Waals surface area contributed by atoms with E-state index in [4.69, 9.17) is 4.74 Å². The summed E-state index contributed by atoms with van der Waals surface area (Å²) in [7, 11) is 0. The molecule has 0 N–H and O–H groups in total. The maximum Gasteiger partial charge on any atom is 0.410 e. The maximum atomic E-state index is 12.0. The van der Waals surface area contributed by atoms with Gasteiger partial charge in [-0.3, -0.25) is 0 Å². The molecule has 0 aromatic heterocycles. The first kappa shape index (κ1) is 16.1. The molecule has 0 fully saturated rings. The van der Waals surface area contributed by atoms with Gasteiger partial charge in [-0.1, -0.05) is 39.7 Å². The minimum atomic E-state index is -0.432. The summed E-state index contributed by atoms with van der Waals surface area (Å²) >= 11 is 3.45. The molecule has 1 aliphatic heterocycles. The van der Waals surface area contributed by atoms with Crippen LogP contribution in [0, 0.1) is 0 Å². The molecule has 0 aliphatic carbocycles. The van der Waals surface area contributed by atoms with Crippen LogP contribution in [0.5, 0.6) is 0 Å². The van der Waals surface area contributed by atoms with Gasteiger partial charge in [0.2, 0.25) is 0 Å². The smallest absolute Gasteiger partial charge is 0.410 e. The number of carbonyl (C=O) groups excluding carboxylic acids is 1. The van der Waals surface area contributed by atoms with E-state index in [2.05, 4.69) is 46.3 Å². The highest BCUT2D eigenvalue weighted by molar-refractivity contribution is 9.10. The number of rotatable bonds is 2. The van der Waals surface area contributed by atoms with Crippen molar-refractivity contribution in [2.24, 2.45) is 0 Å². The predicted octanol–water partition coefficient (Wildman–Crippen LogP) is 4.56. The van der Waals surface area contributed by atoms with E-state index in [1.807, 2.05) is 20.8 Å². The quantitative estimate of drug-likeness (QED) is 0.731. The van der Waals surface area contributed by atoms with Crippen molar-refractivity contribution in [3.05, 3.63) is 46.0 Å². The van der Waals surface area contributed by atoms with E-state index >= 15 is 0 Å². The average molecular weight is 352 g/mol. The first-order chi connectivity index (χ1) is 9.83. The van der Waals surface area contributed by atoms with Gasteiger partial charge in [-0.05, 0) is 51.3 Å². The third kappa shape index (κ3) is 5.20. The molecule has 1 aliphatic rings. The Labute approximate surface area is 135 Å². The van der Waals surface area contributed by atoms with Gasteiger partial charge in [0.05, 0.1) is 0 Å². The minimum absolute atomic E-state index is 0.221. The molecule has 1 heterocycles. The second-order valence-corrected chi connectivity index (χ2v) is 7.26. The highest BCUT2D eigenvalue weighted by atomic mass is 79.9. The van der Waals surface area contributed by atoms with Gasteiger partial charge in [-0.25, -0.2) is 4.79 Å². The zero-order valence-electron chi connectivity index (χ0n) is 12.9. The molecule has 0 spiro atoms. The van der Waals surface area contributed by atoms with Crippen LogP contribution in [0.15, 0.2) is 40.4 Å². The van der Waals surface area contributed by atoms with Crippen molar-refractivity contribution in [2.75, 3.05) is 13.1 Å². The van der Waals surface area contributed by atoms with E-state index < -0.39 is 5.60 Å². The number of nitrogens with zero attached hydrogens (tertiary/aromatic N) is 1. The van der Waals surface area contributed by atoms with Crippen molar-refractivity contribution in [1.82, 2.24) is 4.90 Å². The van der Waals surface area contributed by atoms with Crippen molar-refractivity contribution in [3.63, 3.8) is 0 Å². The normalized spacial score (nSPS) is 15.6. The number of amides is 1. The van der Waals surface area contributed by atoms with Gasteiger partial charge in [0.1, 0.15) is 5.60 Å². The minimum Gasteiger partial charge on any atom is -0.444 e. The fourth-order valence-corrected chi connectivity index (χ4v) is 2.49. The molecule has 0 bridgehead atoms. The lowest BCUT2D eigenvalue weighted by Crippen LogP contribution is -2.39. The van der Waals surface area contributed by atoms with Gasteiger partial charge in [-0.15, -0.1) is 0 Å². The zero-order valence-corrected chi connectivity index (χ0v) is 14.4. The molecule has 21 heavy (non-hydrogen) atoms. The zero-order chi connectivity index (χ0) is 15.5. The van der Waals surface area contributed by atoms with Gasteiger partial charge in [0, 0.05) is 17.6 Å². The van der Waals surface area contributed by atoms with Gasteiger partial charge in [0.15, 0.2) is 0 Å². The van der Waals surface area contributed by atoms with E-state index in [-0.39, 0.29) is 6.09 Å². The molecule has 0 radical (unpaired) electrons. The molecule has 1 amide bonds. The summed E-state index contributed by atoms with van der Waals surface area (Å²) in [6, 6.07) is 8.38. The van der Waals surface area contributed by atoms with Gasteiger partial charge in [0.25, 0.3) is 0 Å². The molecule has 3 nitrogen and oxygen atoms in total. The van der Waals surface area contributed by atoms with Crippen LogP contribution < -0.4 is 0 Å². The Morgan fingerprint density at radius 2 is 1.95 bits per heavy atom. The predicted molar refractivity (Wildman–Crippen MR) is 88.4 cm³/mol. The Kier molecular flexibility index (Phi) is 5.09. The fraction of sp³-hybridized carbons (Fsp3) is 0.471. The van der Waals surface area contributed by atoms with Crippen molar-refractivity contribution in [2.45, 2.75) is 39.2 Å². The van der Waals surface area contributed by atoms with Crippen molar-refractivity contribution >= 4 is 22.0 Å². The summed E-state index contributed by atoms with van der Waals surface area (Å²) in [6.45, 7) is 7.05. The molecule has 0 saturated heterocycles. The van der Waals surface area contributed by atoms with Crippen LogP contribution in [0.4, 0.5) is 4.79 Å².